The number of nitriles is 1. The van der Waals surface area contributed by atoms with E-state index in [0.29, 0.717) is 5.69 Å². The third kappa shape index (κ3) is 2.83. The molecule has 0 radical (unpaired) electrons. The number of nitrogens with zero attached hydrogens (tertiary/aromatic N) is 2. The standard InChI is InChI=1S/C13H9BrFN3O/c1-18-7-9(14)5-12(18)13(19)17-11-3-2-10(15)4-8(11)6-16/h2-5,7H,1H3,(H,17,19). The van der Waals surface area contributed by atoms with Gasteiger partial charge in [-0.15, -0.1) is 0 Å². The number of aryl methyl sites for hydroxylation is 1. The van der Waals surface area contributed by atoms with Crippen LogP contribution in [0.2, 0.25) is 0 Å². The zero-order chi connectivity index (χ0) is 14.0. The smallest absolute Gasteiger partial charge is 0.272 e. The molecule has 1 aromatic heterocycles. The average Bonchev–Trinajstić information content (AvgIpc) is 2.70. The molecule has 0 aliphatic rings. The number of aromatic nitrogens is 1. The van der Waals surface area contributed by atoms with E-state index < -0.39 is 5.82 Å². The Hall–Kier alpha value is -2.13. The molecule has 0 spiro atoms. The first-order valence-corrected chi connectivity index (χ1v) is 6.13. The summed E-state index contributed by atoms with van der Waals surface area (Å²) >= 11 is 3.27. The summed E-state index contributed by atoms with van der Waals surface area (Å²) in [6.07, 6.45) is 1.74. The Balaban J connectivity index is 2.29. The highest BCUT2D eigenvalue weighted by Crippen LogP contribution is 2.19. The van der Waals surface area contributed by atoms with Crippen molar-refractivity contribution >= 4 is 27.5 Å². The summed E-state index contributed by atoms with van der Waals surface area (Å²) in [7, 11) is 1.73. The van der Waals surface area contributed by atoms with Gasteiger partial charge in [0.2, 0.25) is 0 Å². The summed E-state index contributed by atoms with van der Waals surface area (Å²) in [6.45, 7) is 0. The Bertz CT molecular complexity index is 688. The van der Waals surface area contributed by atoms with E-state index in [1.165, 1.54) is 12.1 Å². The number of anilines is 1. The van der Waals surface area contributed by atoms with Gasteiger partial charge in [-0.2, -0.15) is 5.26 Å². The molecule has 0 fully saturated rings. The summed E-state index contributed by atoms with van der Waals surface area (Å²) < 4.78 is 15.4. The number of halogens is 2. The third-order valence-corrected chi connectivity index (χ3v) is 2.99. The van der Waals surface area contributed by atoms with Crippen molar-refractivity contribution in [1.82, 2.24) is 4.57 Å². The highest BCUT2D eigenvalue weighted by Gasteiger charge is 2.13. The van der Waals surface area contributed by atoms with Crippen LogP contribution in [0.5, 0.6) is 0 Å². The van der Waals surface area contributed by atoms with Crippen molar-refractivity contribution in [2.75, 3.05) is 5.32 Å². The summed E-state index contributed by atoms with van der Waals surface area (Å²) in [5.74, 6) is -0.882. The molecule has 1 amide bonds. The molecule has 0 bridgehead atoms. The van der Waals surface area contributed by atoms with Crippen LogP contribution < -0.4 is 5.32 Å². The third-order valence-electron chi connectivity index (χ3n) is 2.55. The van der Waals surface area contributed by atoms with Gasteiger partial charge in [0.25, 0.3) is 5.91 Å². The van der Waals surface area contributed by atoms with Crippen LogP contribution in [0.1, 0.15) is 16.1 Å². The summed E-state index contributed by atoms with van der Waals surface area (Å²) in [5.41, 5.74) is 0.799. The number of nitrogens with one attached hydrogen (secondary N) is 1. The molecular weight excluding hydrogens is 313 g/mol. The summed E-state index contributed by atoms with van der Waals surface area (Å²) in [6, 6.07) is 7.14. The van der Waals surface area contributed by atoms with Crippen molar-refractivity contribution in [3.05, 3.63) is 52.0 Å². The molecule has 2 aromatic rings. The van der Waals surface area contributed by atoms with Crippen LogP contribution in [-0.2, 0) is 7.05 Å². The van der Waals surface area contributed by atoms with Gasteiger partial charge in [-0.25, -0.2) is 4.39 Å². The van der Waals surface area contributed by atoms with E-state index in [9.17, 15) is 9.18 Å². The molecule has 6 heteroatoms. The van der Waals surface area contributed by atoms with E-state index >= 15 is 0 Å². The van der Waals surface area contributed by atoms with Crippen LogP contribution in [0.15, 0.2) is 34.9 Å². The van der Waals surface area contributed by atoms with E-state index in [0.717, 1.165) is 10.5 Å². The lowest BCUT2D eigenvalue weighted by molar-refractivity contribution is 0.101. The number of carbonyl (C=O) groups is 1. The Morgan fingerprint density at radius 1 is 1.47 bits per heavy atom. The Morgan fingerprint density at radius 3 is 2.79 bits per heavy atom. The number of hydrogen-bond acceptors (Lipinski definition) is 2. The Morgan fingerprint density at radius 2 is 2.21 bits per heavy atom. The topological polar surface area (TPSA) is 57.8 Å². The van der Waals surface area contributed by atoms with Crippen LogP contribution in [0.4, 0.5) is 10.1 Å². The van der Waals surface area contributed by atoms with Gasteiger partial charge in [-0.3, -0.25) is 4.79 Å². The fourth-order valence-electron chi connectivity index (χ4n) is 1.65. The van der Waals surface area contributed by atoms with Gasteiger partial charge in [0.05, 0.1) is 11.3 Å². The van der Waals surface area contributed by atoms with Crippen molar-refractivity contribution in [3.63, 3.8) is 0 Å². The van der Waals surface area contributed by atoms with Crippen LogP contribution in [0.3, 0.4) is 0 Å². The van der Waals surface area contributed by atoms with Gasteiger partial charge in [0.15, 0.2) is 0 Å². The number of rotatable bonds is 2. The van der Waals surface area contributed by atoms with E-state index in [1.54, 1.807) is 23.9 Å². The van der Waals surface area contributed by atoms with Crippen LogP contribution in [0.25, 0.3) is 0 Å². The molecule has 0 aliphatic carbocycles. The second kappa shape index (κ2) is 5.24. The van der Waals surface area contributed by atoms with Gasteiger partial charge in [0.1, 0.15) is 17.6 Å². The van der Waals surface area contributed by atoms with Gasteiger partial charge < -0.3 is 9.88 Å². The lowest BCUT2D eigenvalue weighted by atomic mass is 10.2. The van der Waals surface area contributed by atoms with Gasteiger partial charge in [-0.05, 0) is 40.2 Å². The quantitative estimate of drug-likeness (QED) is 0.924. The van der Waals surface area contributed by atoms with Gasteiger partial charge >= 0.3 is 0 Å². The van der Waals surface area contributed by atoms with Crippen molar-refractivity contribution in [1.29, 1.82) is 5.26 Å². The summed E-state index contributed by atoms with van der Waals surface area (Å²) in [4.78, 5) is 12.0. The lowest BCUT2D eigenvalue weighted by Crippen LogP contribution is -2.16. The molecule has 0 atom stereocenters. The van der Waals surface area contributed by atoms with E-state index in [2.05, 4.69) is 21.2 Å². The minimum atomic E-state index is -0.517. The maximum absolute atomic E-state index is 13.0. The zero-order valence-electron chi connectivity index (χ0n) is 9.95. The average molecular weight is 322 g/mol. The molecule has 0 aliphatic heterocycles. The van der Waals surface area contributed by atoms with E-state index in [-0.39, 0.29) is 17.2 Å². The number of hydrogen-bond donors (Lipinski definition) is 1. The largest absolute Gasteiger partial charge is 0.345 e. The maximum atomic E-state index is 13.0. The van der Waals surface area contributed by atoms with Crippen molar-refractivity contribution in [2.45, 2.75) is 0 Å². The maximum Gasteiger partial charge on any atom is 0.272 e. The molecule has 96 valence electrons. The predicted molar refractivity (Wildman–Crippen MR) is 72.2 cm³/mol. The molecule has 0 saturated heterocycles. The van der Waals surface area contributed by atoms with Crippen LogP contribution in [-0.4, -0.2) is 10.5 Å². The van der Waals surface area contributed by atoms with Crippen LogP contribution in [0, 0.1) is 17.1 Å². The highest BCUT2D eigenvalue weighted by molar-refractivity contribution is 9.10. The molecule has 2 rings (SSSR count). The van der Waals surface area contributed by atoms with Crippen molar-refractivity contribution in [2.24, 2.45) is 7.05 Å². The minimum absolute atomic E-state index is 0.0848. The molecule has 0 saturated carbocycles. The van der Waals surface area contributed by atoms with Crippen molar-refractivity contribution in [3.8, 4) is 6.07 Å². The first kappa shape index (κ1) is 13.3. The van der Waals surface area contributed by atoms with Gasteiger partial charge in [-0.1, -0.05) is 0 Å². The Labute approximate surface area is 117 Å². The minimum Gasteiger partial charge on any atom is -0.345 e. The monoisotopic (exact) mass is 321 g/mol. The molecular formula is C13H9BrFN3O. The van der Waals surface area contributed by atoms with Gasteiger partial charge in [0, 0.05) is 17.7 Å². The molecule has 1 N–H and O–H groups in total. The number of carbonyl (C=O) groups excluding carboxylic acids is 1. The Kier molecular flexibility index (Phi) is 3.67. The molecule has 4 nitrogen and oxygen atoms in total. The van der Waals surface area contributed by atoms with E-state index in [4.69, 9.17) is 5.26 Å². The SMILES string of the molecule is Cn1cc(Br)cc1C(=O)Nc1ccc(F)cc1C#N. The molecule has 19 heavy (non-hydrogen) atoms. The van der Waals surface area contributed by atoms with Crippen LogP contribution >= 0.6 is 15.9 Å². The fraction of sp³-hybridized carbons (Fsp3) is 0.0769. The number of amides is 1. The second-order valence-electron chi connectivity index (χ2n) is 3.91. The summed E-state index contributed by atoms with van der Waals surface area (Å²) in [5, 5.41) is 11.5. The predicted octanol–water partition coefficient (Wildman–Crippen LogP) is 3.05. The normalized spacial score (nSPS) is 10.0. The first-order valence-electron chi connectivity index (χ1n) is 5.34. The zero-order valence-corrected chi connectivity index (χ0v) is 11.5. The molecule has 0 unspecified atom stereocenters. The number of benzene rings is 1. The first-order chi connectivity index (χ1) is 9.01. The van der Waals surface area contributed by atoms with E-state index in [1.807, 2.05) is 6.07 Å². The molecule has 1 aromatic carbocycles. The highest BCUT2D eigenvalue weighted by atomic mass is 79.9. The molecule has 1 heterocycles. The lowest BCUT2D eigenvalue weighted by Gasteiger charge is -2.07. The fourth-order valence-corrected chi connectivity index (χ4v) is 2.18. The second-order valence-corrected chi connectivity index (χ2v) is 4.83. The van der Waals surface area contributed by atoms with Crippen molar-refractivity contribution < 1.29 is 9.18 Å².